The van der Waals surface area contributed by atoms with Gasteiger partial charge >= 0.3 is 5.97 Å². The third-order valence-electron chi connectivity index (χ3n) is 2.58. The molecule has 0 aromatic heterocycles. The van der Waals surface area contributed by atoms with Crippen molar-refractivity contribution in [2.45, 2.75) is 45.2 Å². The van der Waals surface area contributed by atoms with Gasteiger partial charge in [-0.15, -0.1) is 6.58 Å². The van der Waals surface area contributed by atoms with Crippen molar-refractivity contribution in [2.75, 3.05) is 6.61 Å². The SMILES string of the molecule is C=CC[C@@](N)(CC)C(=O)N[C@H](C)C(=O)OCC. The highest BCUT2D eigenvalue weighted by Crippen LogP contribution is 2.12. The number of carbonyl (C=O) groups is 2. The predicted molar refractivity (Wildman–Crippen MR) is 66.3 cm³/mol. The molecule has 3 N–H and O–H groups in total. The van der Waals surface area contributed by atoms with Crippen LogP contribution in [0.15, 0.2) is 12.7 Å². The second kappa shape index (κ2) is 7.06. The van der Waals surface area contributed by atoms with Gasteiger partial charge in [-0.3, -0.25) is 4.79 Å². The van der Waals surface area contributed by atoms with Gasteiger partial charge in [0.2, 0.25) is 5.91 Å². The van der Waals surface area contributed by atoms with E-state index in [1.165, 1.54) is 0 Å². The average molecular weight is 242 g/mol. The van der Waals surface area contributed by atoms with Crippen LogP contribution in [0.2, 0.25) is 0 Å². The van der Waals surface area contributed by atoms with Crippen molar-refractivity contribution in [3.8, 4) is 0 Å². The fraction of sp³-hybridized carbons (Fsp3) is 0.667. The van der Waals surface area contributed by atoms with Crippen molar-refractivity contribution in [3.63, 3.8) is 0 Å². The van der Waals surface area contributed by atoms with Gasteiger partial charge in [-0.05, 0) is 26.7 Å². The summed E-state index contributed by atoms with van der Waals surface area (Å²) in [7, 11) is 0. The highest BCUT2D eigenvalue weighted by Gasteiger charge is 2.32. The standard InChI is InChI=1S/C12H22N2O3/c1-5-8-12(13,6-2)11(16)14-9(4)10(15)17-7-3/h5,9H,1,6-8,13H2,2-4H3,(H,14,16)/t9-,12+/m1/s1. The maximum absolute atomic E-state index is 11.9. The van der Waals surface area contributed by atoms with E-state index >= 15 is 0 Å². The molecule has 0 radical (unpaired) electrons. The van der Waals surface area contributed by atoms with Gasteiger partial charge in [0, 0.05) is 0 Å². The van der Waals surface area contributed by atoms with E-state index in [0.29, 0.717) is 12.8 Å². The van der Waals surface area contributed by atoms with E-state index in [9.17, 15) is 9.59 Å². The number of ether oxygens (including phenoxy) is 1. The van der Waals surface area contributed by atoms with Crippen LogP contribution in [0.4, 0.5) is 0 Å². The average Bonchev–Trinajstić information content (AvgIpc) is 2.29. The van der Waals surface area contributed by atoms with E-state index < -0.39 is 17.6 Å². The van der Waals surface area contributed by atoms with Gasteiger partial charge in [0.1, 0.15) is 6.04 Å². The van der Waals surface area contributed by atoms with E-state index in [-0.39, 0.29) is 12.5 Å². The molecule has 0 aromatic rings. The number of carbonyl (C=O) groups excluding carboxylic acids is 2. The summed E-state index contributed by atoms with van der Waals surface area (Å²) in [5.74, 6) is -0.821. The maximum atomic E-state index is 11.9. The van der Waals surface area contributed by atoms with Crippen molar-refractivity contribution in [2.24, 2.45) is 5.73 Å². The molecular weight excluding hydrogens is 220 g/mol. The van der Waals surface area contributed by atoms with Crippen LogP contribution in [0.5, 0.6) is 0 Å². The van der Waals surface area contributed by atoms with E-state index in [2.05, 4.69) is 11.9 Å². The molecule has 5 heteroatoms. The largest absolute Gasteiger partial charge is 0.464 e. The fourth-order valence-electron chi connectivity index (χ4n) is 1.32. The third-order valence-corrected chi connectivity index (χ3v) is 2.58. The minimum absolute atomic E-state index is 0.285. The Kier molecular flexibility index (Phi) is 6.50. The van der Waals surface area contributed by atoms with Gasteiger partial charge < -0.3 is 15.8 Å². The molecule has 0 spiro atoms. The monoisotopic (exact) mass is 242 g/mol. The molecule has 0 heterocycles. The molecule has 1 amide bonds. The molecule has 98 valence electrons. The minimum atomic E-state index is -1.01. The molecule has 5 nitrogen and oxygen atoms in total. The third kappa shape index (κ3) is 4.56. The number of hydrogen-bond acceptors (Lipinski definition) is 4. The first-order chi connectivity index (χ1) is 7.91. The van der Waals surface area contributed by atoms with Crippen LogP contribution in [0.3, 0.4) is 0 Å². The van der Waals surface area contributed by atoms with Gasteiger partial charge in [0.05, 0.1) is 12.1 Å². The van der Waals surface area contributed by atoms with E-state index in [4.69, 9.17) is 10.5 Å². The summed E-state index contributed by atoms with van der Waals surface area (Å²) in [5, 5.41) is 2.55. The Bertz CT molecular complexity index is 291. The van der Waals surface area contributed by atoms with E-state index in [0.717, 1.165) is 0 Å². The lowest BCUT2D eigenvalue weighted by Gasteiger charge is -2.27. The Morgan fingerprint density at radius 1 is 1.53 bits per heavy atom. The molecule has 2 atom stereocenters. The first kappa shape index (κ1) is 15.6. The molecule has 0 aromatic carbocycles. The van der Waals surface area contributed by atoms with Crippen molar-refractivity contribution in [3.05, 3.63) is 12.7 Å². The fourth-order valence-corrected chi connectivity index (χ4v) is 1.32. The topological polar surface area (TPSA) is 81.4 Å². The zero-order valence-electron chi connectivity index (χ0n) is 10.8. The zero-order chi connectivity index (χ0) is 13.5. The van der Waals surface area contributed by atoms with Crippen molar-refractivity contribution >= 4 is 11.9 Å². The first-order valence-electron chi connectivity index (χ1n) is 5.78. The molecule has 0 aliphatic heterocycles. The molecule has 0 saturated carbocycles. The molecule has 0 fully saturated rings. The van der Waals surface area contributed by atoms with Crippen molar-refractivity contribution in [1.29, 1.82) is 0 Å². The quantitative estimate of drug-likeness (QED) is 0.509. The Balaban J connectivity index is 4.50. The van der Waals surface area contributed by atoms with Crippen LogP contribution in [0.1, 0.15) is 33.6 Å². The van der Waals surface area contributed by atoms with Crippen molar-refractivity contribution in [1.82, 2.24) is 5.32 Å². The zero-order valence-corrected chi connectivity index (χ0v) is 10.8. The van der Waals surface area contributed by atoms with Gasteiger partial charge in [0.25, 0.3) is 0 Å². The normalized spacial score (nSPS) is 15.5. The van der Waals surface area contributed by atoms with Gasteiger partial charge in [-0.25, -0.2) is 4.79 Å². The number of rotatable bonds is 7. The summed E-state index contributed by atoms with van der Waals surface area (Å²) in [4.78, 5) is 23.3. The van der Waals surface area contributed by atoms with Crippen LogP contribution in [0.25, 0.3) is 0 Å². The minimum Gasteiger partial charge on any atom is -0.464 e. The lowest BCUT2D eigenvalue weighted by molar-refractivity contribution is -0.147. The van der Waals surface area contributed by atoms with E-state index in [1.54, 1.807) is 19.9 Å². The lowest BCUT2D eigenvalue weighted by atomic mass is 9.92. The molecular formula is C12H22N2O3. The van der Waals surface area contributed by atoms with Crippen molar-refractivity contribution < 1.29 is 14.3 Å². The van der Waals surface area contributed by atoms with Gasteiger partial charge in [-0.1, -0.05) is 13.0 Å². The number of hydrogen-bond donors (Lipinski definition) is 2. The summed E-state index contributed by atoms with van der Waals surface area (Å²) in [6.45, 7) is 8.95. The Morgan fingerprint density at radius 3 is 2.53 bits per heavy atom. The summed E-state index contributed by atoms with van der Waals surface area (Å²) >= 11 is 0. The van der Waals surface area contributed by atoms with Gasteiger partial charge in [-0.2, -0.15) is 0 Å². The van der Waals surface area contributed by atoms with Crippen LogP contribution in [-0.4, -0.2) is 30.1 Å². The number of nitrogens with one attached hydrogen (secondary N) is 1. The summed E-state index contributed by atoms with van der Waals surface area (Å²) in [6, 6.07) is -0.693. The first-order valence-corrected chi connectivity index (χ1v) is 5.78. The number of esters is 1. The van der Waals surface area contributed by atoms with Gasteiger partial charge in [0.15, 0.2) is 0 Å². The lowest BCUT2D eigenvalue weighted by Crippen LogP contribution is -2.56. The Labute approximate surface area is 102 Å². The maximum Gasteiger partial charge on any atom is 0.328 e. The Hall–Kier alpha value is -1.36. The van der Waals surface area contributed by atoms with Crippen LogP contribution < -0.4 is 11.1 Å². The second-order valence-electron chi connectivity index (χ2n) is 3.95. The highest BCUT2D eigenvalue weighted by molar-refractivity contribution is 5.90. The van der Waals surface area contributed by atoms with Crippen LogP contribution in [-0.2, 0) is 14.3 Å². The molecule has 0 bridgehead atoms. The summed E-state index contributed by atoms with van der Waals surface area (Å²) in [6.07, 6.45) is 2.43. The summed E-state index contributed by atoms with van der Waals surface area (Å²) in [5.41, 5.74) is 4.93. The number of amides is 1. The molecule has 17 heavy (non-hydrogen) atoms. The van der Waals surface area contributed by atoms with Crippen LogP contribution in [0, 0.1) is 0 Å². The van der Waals surface area contributed by atoms with E-state index in [1.807, 2.05) is 6.92 Å². The number of nitrogens with two attached hydrogens (primary N) is 1. The molecule has 0 saturated heterocycles. The smallest absolute Gasteiger partial charge is 0.328 e. The predicted octanol–water partition coefficient (Wildman–Crippen LogP) is 0.738. The Morgan fingerprint density at radius 2 is 2.12 bits per heavy atom. The molecule has 0 aliphatic carbocycles. The molecule has 0 unspecified atom stereocenters. The second-order valence-corrected chi connectivity index (χ2v) is 3.95. The molecule has 0 rings (SSSR count). The highest BCUT2D eigenvalue weighted by atomic mass is 16.5. The summed E-state index contributed by atoms with van der Waals surface area (Å²) < 4.78 is 4.80. The molecule has 0 aliphatic rings. The van der Waals surface area contributed by atoms with Crippen LogP contribution >= 0.6 is 0 Å².